The van der Waals surface area contributed by atoms with Crippen LogP contribution in [0.1, 0.15) is 38.8 Å². The Labute approximate surface area is 149 Å². The van der Waals surface area contributed by atoms with Crippen molar-refractivity contribution in [3.8, 4) is 0 Å². The molecule has 0 spiro atoms. The van der Waals surface area contributed by atoms with Crippen molar-refractivity contribution in [2.24, 2.45) is 0 Å². The van der Waals surface area contributed by atoms with Crippen molar-refractivity contribution in [3.63, 3.8) is 0 Å². The average Bonchev–Trinajstić information content (AvgIpc) is 2.74. The van der Waals surface area contributed by atoms with E-state index in [9.17, 15) is 0 Å². The second-order valence-corrected chi connectivity index (χ2v) is 9.78. The first-order valence-electron chi connectivity index (χ1n) is 8.90. The minimum absolute atomic E-state index is 0.255. The van der Waals surface area contributed by atoms with Gasteiger partial charge in [-0.25, -0.2) is 0 Å². The molecule has 124 valence electrons. The van der Waals surface area contributed by atoms with Crippen molar-refractivity contribution in [3.05, 3.63) is 88.0 Å². The molecule has 0 atom stereocenters. The average molecular weight is 333 g/mol. The Hall–Kier alpha value is -1.86. The van der Waals surface area contributed by atoms with Crippen molar-refractivity contribution in [2.75, 3.05) is 0 Å². The van der Waals surface area contributed by atoms with Crippen molar-refractivity contribution >= 4 is 14.7 Å². The minimum atomic E-state index is -0.470. The molecule has 0 fully saturated rings. The number of hydrogen-bond acceptors (Lipinski definition) is 0. The molecule has 24 heavy (non-hydrogen) atoms. The molecule has 0 heterocycles. The smallest absolute Gasteiger partial charge is 0.0656 e. The van der Waals surface area contributed by atoms with Crippen molar-refractivity contribution in [1.29, 1.82) is 0 Å². The van der Waals surface area contributed by atoms with Gasteiger partial charge in [0.05, 0.1) is 9.52 Å². The normalized spacial score (nSPS) is 17.4. The third kappa shape index (κ3) is 2.93. The molecule has 0 saturated carbocycles. The van der Waals surface area contributed by atoms with Crippen LogP contribution < -0.4 is 5.19 Å². The van der Waals surface area contributed by atoms with Crippen LogP contribution in [-0.2, 0) is 6.42 Å². The van der Waals surface area contributed by atoms with Crippen molar-refractivity contribution < 1.29 is 0 Å². The third-order valence-electron chi connectivity index (χ3n) is 6.10. The zero-order valence-electron chi connectivity index (χ0n) is 15.6. The molecule has 0 saturated heterocycles. The topological polar surface area (TPSA) is 0 Å². The fourth-order valence-corrected chi connectivity index (χ4v) is 6.83. The molecule has 2 aromatic carbocycles. The lowest BCUT2D eigenvalue weighted by Gasteiger charge is -2.34. The standard InChI is InChI=1S/C23H28Si/c1-16-11-13-21(14-12-16)15-23(24-22-9-7-6-8-10-22)19(4)17(2)18(3)20(23)5/h6-14H,15,24H2,1-5H3. The Morgan fingerprint density at radius 1 is 0.708 bits per heavy atom. The monoisotopic (exact) mass is 332 g/mol. The SMILES string of the molecule is CC1=C(C)C(Cc2ccc(C)cc2)([SiH2]c2ccccc2)C(C)=C1C. The zero-order chi connectivity index (χ0) is 17.3. The van der Waals surface area contributed by atoms with E-state index in [0.717, 1.165) is 6.42 Å². The highest BCUT2D eigenvalue weighted by molar-refractivity contribution is 6.59. The first-order valence-corrected chi connectivity index (χ1v) is 10.3. The second-order valence-electron chi connectivity index (χ2n) is 7.41. The van der Waals surface area contributed by atoms with Gasteiger partial charge < -0.3 is 0 Å². The van der Waals surface area contributed by atoms with Gasteiger partial charge in [-0.2, -0.15) is 0 Å². The van der Waals surface area contributed by atoms with Crippen LogP contribution >= 0.6 is 0 Å². The van der Waals surface area contributed by atoms with Crippen molar-refractivity contribution in [2.45, 2.75) is 46.1 Å². The summed E-state index contributed by atoms with van der Waals surface area (Å²) in [6.07, 6.45) is 1.14. The maximum Gasteiger partial charge on any atom is 0.0713 e. The summed E-state index contributed by atoms with van der Waals surface area (Å²) < 4.78 is 0. The van der Waals surface area contributed by atoms with Gasteiger partial charge in [-0.15, -0.1) is 0 Å². The zero-order valence-corrected chi connectivity index (χ0v) is 17.0. The number of benzene rings is 2. The molecule has 0 aromatic heterocycles. The molecule has 0 aliphatic heterocycles. The molecule has 0 nitrogen and oxygen atoms in total. The molecular weight excluding hydrogens is 304 g/mol. The van der Waals surface area contributed by atoms with Gasteiger partial charge in [-0.3, -0.25) is 0 Å². The quantitative estimate of drug-likeness (QED) is 0.700. The molecule has 0 N–H and O–H groups in total. The molecular formula is C23H28Si. The Balaban J connectivity index is 2.06. The number of allylic oxidation sites excluding steroid dienone is 4. The van der Waals surface area contributed by atoms with Gasteiger partial charge in [0.25, 0.3) is 0 Å². The van der Waals surface area contributed by atoms with Gasteiger partial charge in [0.15, 0.2) is 0 Å². The summed E-state index contributed by atoms with van der Waals surface area (Å²) in [4.78, 5) is 0. The van der Waals surface area contributed by atoms with E-state index < -0.39 is 9.52 Å². The van der Waals surface area contributed by atoms with E-state index in [1.165, 1.54) is 22.3 Å². The summed E-state index contributed by atoms with van der Waals surface area (Å²) in [6, 6.07) is 20.3. The Kier molecular flexibility index (Phi) is 4.64. The maximum absolute atomic E-state index is 2.37. The summed E-state index contributed by atoms with van der Waals surface area (Å²) in [7, 11) is -0.470. The van der Waals surface area contributed by atoms with Crippen molar-refractivity contribution in [1.82, 2.24) is 0 Å². The van der Waals surface area contributed by atoms with E-state index in [0.29, 0.717) is 0 Å². The summed E-state index contributed by atoms with van der Waals surface area (Å²) in [5.41, 5.74) is 9.05. The lowest BCUT2D eigenvalue weighted by Crippen LogP contribution is -2.33. The van der Waals surface area contributed by atoms with Crippen LogP contribution in [0, 0.1) is 6.92 Å². The van der Waals surface area contributed by atoms with Gasteiger partial charge in [-0.1, -0.05) is 76.5 Å². The molecule has 0 amide bonds. The van der Waals surface area contributed by atoms with Gasteiger partial charge in [0, 0.05) is 5.04 Å². The Bertz CT molecular complexity index is 768. The van der Waals surface area contributed by atoms with Crippen LogP contribution in [0.15, 0.2) is 76.9 Å². The molecule has 0 bridgehead atoms. The summed E-state index contributed by atoms with van der Waals surface area (Å²) in [6.45, 7) is 11.5. The highest BCUT2D eigenvalue weighted by atomic mass is 28.2. The number of hydrogen-bond donors (Lipinski definition) is 0. The lowest BCUT2D eigenvalue weighted by atomic mass is 9.88. The first kappa shape index (κ1) is 17.0. The summed E-state index contributed by atoms with van der Waals surface area (Å²) >= 11 is 0. The number of rotatable bonds is 4. The summed E-state index contributed by atoms with van der Waals surface area (Å²) in [5, 5.41) is 1.82. The largest absolute Gasteiger partial charge is 0.0713 e. The van der Waals surface area contributed by atoms with Crippen LogP contribution in [0.2, 0.25) is 5.04 Å². The maximum atomic E-state index is 2.37. The van der Waals surface area contributed by atoms with Gasteiger partial charge >= 0.3 is 0 Å². The van der Waals surface area contributed by atoms with Crippen LogP contribution in [0.4, 0.5) is 0 Å². The lowest BCUT2D eigenvalue weighted by molar-refractivity contribution is 0.736. The molecule has 0 radical (unpaired) electrons. The molecule has 0 unspecified atom stereocenters. The minimum Gasteiger partial charge on any atom is -0.0656 e. The molecule has 3 rings (SSSR count). The second kappa shape index (κ2) is 6.56. The fraction of sp³-hybridized carbons (Fsp3) is 0.304. The predicted octanol–water partition coefficient (Wildman–Crippen LogP) is 4.88. The van der Waals surface area contributed by atoms with Gasteiger partial charge in [0.1, 0.15) is 0 Å². The Morgan fingerprint density at radius 3 is 1.79 bits per heavy atom. The van der Waals surface area contributed by atoms with E-state index in [-0.39, 0.29) is 5.04 Å². The van der Waals surface area contributed by atoms with E-state index in [1.54, 1.807) is 16.3 Å². The molecule has 1 heteroatoms. The highest BCUT2D eigenvalue weighted by Crippen LogP contribution is 2.53. The predicted molar refractivity (Wildman–Crippen MR) is 109 cm³/mol. The summed E-state index contributed by atoms with van der Waals surface area (Å²) in [5.74, 6) is 0. The molecule has 2 aromatic rings. The van der Waals surface area contributed by atoms with Crippen LogP contribution in [0.25, 0.3) is 0 Å². The first-order chi connectivity index (χ1) is 11.4. The third-order valence-corrected chi connectivity index (χ3v) is 8.89. The van der Waals surface area contributed by atoms with E-state index in [2.05, 4.69) is 89.2 Å². The van der Waals surface area contributed by atoms with Crippen LogP contribution in [0.5, 0.6) is 0 Å². The van der Waals surface area contributed by atoms with E-state index in [4.69, 9.17) is 0 Å². The fourth-order valence-electron chi connectivity index (χ4n) is 4.15. The highest BCUT2D eigenvalue weighted by Gasteiger charge is 2.40. The van der Waals surface area contributed by atoms with E-state index >= 15 is 0 Å². The van der Waals surface area contributed by atoms with Gasteiger partial charge in [0.2, 0.25) is 0 Å². The Morgan fingerprint density at radius 2 is 1.25 bits per heavy atom. The van der Waals surface area contributed by atoms with Crippen LogP contribution in [0.3, 0.4) is 0 Å². The van der Waals surface area contributed by atoms with Gasteiger partial charge in [-0.05, 0) is 57.7 Å². The molecule has 1 aliphatic rings. The molecule has 1 aliphatic carbocycles. The van der Waals surface area contributed by atoms with Crippen LogP contribution in [-0.4, -0.2) is 9.52 Å². The van der Waals surface area contributed by atoms with E-state index in [1.807, 2.05) is 0 Å². The number of aryl methyl sites for hydroxylation is 1.